The quantitative estimate of drug-likeness (QED) is 0.816. The second kappa shape index (κ2) is 7.77. The van der Waals surface area contributed by atoms with Crippen LogP contribution < -0.4 is 0 Å². The van der Waals surface area contributed by atoms with Crippen LogP contribution in [0.4, 0.5) is 0 Å². The Morgan fingerprint density at radius 3 is 2.93 bits per heavy atom. The van der Waals surface area contributed by atoms with E-state index in [2.05, 4.69) is 16.0 Å². The fraction of sp³-hybridized carbons (Fsp3) is 0.455. The predicted molar refractivity (Wildman–Crippen MR) is 102 cm³/mol. The van der Waals surface area contributed by atoms with E-state index in [1.165, 1.54) is 0 Å². The van der Waals surface area contributed by atoms with E-state index in [0.717, 1.165) is 61.6 Å². The van der Waals surface area contributed by atoms with Gasteiger partial charge < -0.3 is 9.47 Å². The molecule has 2 fully saturated rings. The van der Waals surface area contributed by atoms with E-state index in [9.17, 15) is 5.26 Å². The summed E-state index contributed by atoms with van der Waals surface area (Å²) in [5.41, 5.74) is 3.76. The molecular weight excluding hydrogens is 338 g/mol. The lowest BCUT2D eigenvalue weighted by atomic mass is 9.84. The molecule has 2 aliphatic heterocycles. The molecule has 0 amide bonds. The average molecular weight is 363 g/mol. The van der Waals surface area contributed by atoms with Crippen LogP contribution >= 0.6 is 0 Å². The van der Waals surface area contributed by atoms with Gasteiger partial charge in [-0.25, -0.2) is 0 Å². The minimum Gasteiger partial charge on any atom is -0.372 e. The van der Waals surface area contributed by atoms with Crippen molar-refractivity contribution in [3.05, 3.63) is 65.0 Å². The zero-order chi connectivity index (χ0) is 18.7. The van der Waals surface area contributed by atoms with Crippen molar-refractivity contribution < 1.29 is 9.47 Å². The van der Waals surface area contributed by atoms with Crippen LogP contribution in [0.5, 0.6) is 0 Å². The predicted octanol–water partition coefficient (Wildman–Crippen LogP) is 3.21. The highest BCUT2D eigenvalue weighted by Gasteiger charge is 2.47. The molecule has 2 aliphatic rings. The number of ether oxygens (including phenoxy) is 2. The summed E-state index contributed by atoms with van der Waals surface area (Å²) in [5, 5.41) is 9.25. The molecule has 1 atom stereocenters. The van der Waals surface area contributed by atoms with Crippen molar-refractivity contribution in [2.24, 2.45) is 0 Å². The topological polar surface area (TPSA) is 58.4 Å². The highest BCUT2D eigenvalue weighted by atomic mass is 16.5. The number of aryl methyl sites for hydroxylation is 1. The summed E-state index contributed by atoms with van der Waals surface area (Å²) < 4.78 is 12.3. The standard InChI is InChI=1S/C22H25N3O2/c1-17-5-4-8-20(24-17)14-26-21-9-10-27-22(11-21)15-25(16-22)13-19-7-3-2-6-18(19)12-23/h2-8,21H,9-11,13-16H2,1H3. The van der Waals surface area contributed by atoms with Gasteiger partial charge in [0.15, 0.2) is 0 Å². The lowest BCUT2D eigenvalue weighted by Gasteiger charge is -2.53. The molecule has 2 saturated heterocycles. The highest BCUT2D eigenvalue weighted by Crippen LogP contribution is 2.36. The van der Waals surface area contributed by atoms with Gasteiger partial charge in [-0.15, -0.1) is 0 Å². The van der Waals surface area contributed by atoms with Gasteiger partial charge in [0.2, 0.25) is 0 Å². The number of rotatable bonds is 5. The molecule has 1 aromatic carbocycles. The number of nitriles is 1. The van der Waals surface area contributed by atoms with Gasteiger partial charge in [-0.1, -0.05) is 24.3 Å². The van der Waals surface area contributed by atoms with Gasteiger partial charge in [0.05, 0.1) is 35.6 Å². The summed E-state index contributed by atoms with van der Waals surface area (Å²) in [7, 11) is 0. The summed E-state index contributed by atoms with van der Waals surface area (Å²) in [6.45, 7) is 5.90. The molecule has 0 N–H and O–H groups in total. The second-order valence-corrected chi connectivity index (χ2v) is 7.64. The van der Waals surface area contributed by atoms with Gasteiger partial charge in [0.1, 0.15) is 0 Å². The fourth-order valence-electron chi connectivity index (χ4n) is 4.12. The lowest BCUT2D eigenvalue weighted by molar-refractivity contribution is -0.200. The minimum absolute atomic E-state index is 0.0927. The second-order valence-electron chi connectivity index (χ2n) is 7.64. The molecule has 5 heteroatoms. The summed E-state index contributed by atoms with van der Waals surface area (Å²) >= 11 is 0. The van der Waals surface area contributed by atoms with Gasteiger partial charge in [-0.2, -0.15) is 5.26 Å². The van der Waals surface area contributed by atoms with Crippen molar-refractivity contribution in [2.45, 2.75) is 44.6 Å². The Kier molecular flexibility index (Phi) is 5.22. The van der Waals surface area contributed by atoms with Crippen LogP contribution in [0.25, 0.3) is 0 Å². The van der Waals surface area contributed by atoms with Gasteiger partial charge in [0, 0.05) is 38.4 Å². The Balaban J connectivity index is 1.30. The van der Waals surface area contributed by atoms with E-state index in [0.29, 0.717) is 6.61 Å². The van der Waals surface area contributed by atoms with Crippen LogP contribution in [0.15, 0.2) is 42.5 Å². The molecular formula is C22H25N3O2. The Bertz CT molecular complexity index is 839. The molecule has 0 radical (unpaired) electrons. The number of aromatic nitrogens is 1. The summed E-state index contributed by atoms with van der Waals surface area (Å²) in [5.74, 6) is 0. The van der Waals surface area contributed by atoms with Gasteiger partial charge in [-0.05, 0) is 37.1 Å². The van der Waals surface area contributed by atoms with E-state index < -0.39 is 0 Å². The van der Waals surface area contributed by atoms with Crippen molar-refractivity contribution in [3.8, 4) is 6.07 Å². The van der Waals surface area contributed by atoms with Crippen LogP contribution in [0.2, 0.25) is 0 Å². The largest absolute Gasteiger partial charge is 0.372 e. The maximum Gasteiger partial charge on any atom is 0.0995 e. The zero-order valence-electron chi connectivity index (χ0n) is 15.7. The third kappa shape index (κ3) is 4.19. The molecule has 2 aromatic rings. The monoisotopic (exact) mass is 363 g/mol. The maximum absolute atomic E-state index is 9.25. The number of benzene rings is 1. The summed E-state index contributed by atoms with van der Waals surface area (Å²) in [6, 6.07) is 16.1. The first-order valence-corrected chi connectivity index (χ1v) is 9.54. The van der Waals surface area contributed by atoms with E-state index in [1.807, 2.05) is 49.4 Å². The van der Waals surface area contributed by atoms with Crippen molar-refractivity contribution in [1.82, 2.24) is 9.88 Å². The SMILES string of the molecule is Cc1cccc(COC2CCOC3(C2)CN(Cc2ccccc2C#N)C3)n1. The molecule has 0 aliphatic carbocycles. The third-order valence-corrected chi connectivity index (χ3v) is 5.42. The molecule has 0 bridgehead atoms. The van der Waals surface area contributed by atoms with Gasteiger partial charge in [0.25, 0.3) is 0 Å². The van der Waals surface area contributed by atoms with Crippen LogP contribution in [0.3, 0.4) is 0 Å². The zero-order valence-corrected chi connectivity index (χ0v) is 15.7. The van der Waals surface area contributed by atoms with Crippen molar-refractivity contribution in [2.75, 3.05) is 19.7 Å². The molecule has 3 heterocycles. The Labute approximate surface area is 160 Å². The van der Waals surface area contributed by atoms with E-state index in [1.54, 1.807) is 0 Å². The average Bonchev–Trinajstić information content (AvgIpc) is 2.66. The normalized spacial score (nSPS) is 21.6. The van der Waals surface area contributed by atoms with Crippen molar-refractivity contribution >= 4 is 0 Å². The Hall–Kier alpha value is -2.26. The summed E-state index contributed by atoms with van der Waals surface area (Å²) in [6.07, 6.45) is 2.08. The first-order valence-electron chi connectivity index (χ1n) is 9.54. The smallest absolute Gasteiger partial charge is 0.0995 e. The van der Waals surface area contributed by atoms with Gasteiger partial charge in [-0.3, -0.25) is 9.88 Å². The number of likely N-dealkylation sites (tertiary alicyclic amines) is 1. The fourth-order valence-corrected chi connectivity index (χ4v) is 4.12. The van der Waals surface area contributed by atoms with Crippen LogP contribution in [0.1, 0.15) is 35.4 Å². The molecule has 140 valence electrons. The minimum atomic E-state index is -0.0927. The summed E-state index contributed by atoms with van der Waals surface area (Å²) in [4.78, 5) is 6.86. The number of nitrogens with zero attached hydrogens (tertiary/aromatic N) is 3. The number of hydrogen-bond donors (Lipinski definition) is 0. The van der Waals surface area contributed by atoms with E-state index in [4.69, 9.17) is 9.47 Å². The Morgan fingerprint density at radius 2 is 2.11 bits per heavy atom. The third-order valence-electron chi connectivity index (χ3n) is 5.42. The highest BCUT2D eigenvalue weighted by molar-refractivity contribution is 5.37. The molecule has 1 spiro atoms. The molecule has 27 heavy (non-hydrogen) atoms. The van der Waals surface area contributed by atoms with Crippen molar-refractivity contribution in [3.63, 3.8) is 0 Å². The molecule has 4 rings (SSSR count). The van der Waals surface area contributed by atoms with E-state index >= 15 is 0 Å². The number of hydrogen-bond acceptors (Lipinski definition) is 5. The number of pyridine rings is 1. The first kappa shape index (κ1) is 18.1. The molecule has 1 aromatic heterocycles. The van der Waals surface area contributed by atoms with Crippen LogP contribution in [0, 0.1) is 18.3 Å². The van der Waals surface area contributed by atoms with Crippen LogP contribution in [-0.4, -0.2) is 41.3 Å². The molecule has 1 unspecified atom stereocenters. The first-order chi connectivity index (χ1) is 13.2. The molecule has 0 saturated carbocycles. The maximum atomic E-state index is 9.25. The van der Waals surface area contributed by atoms with E-state index in [-0.39, 0.29) is 11.7 Å². The molecule has 5 nitrogen and oxygen atoms in total. The Morgan fingerprint density at radius 1 is 1.26 bits per heavy atom. The van der Waals surface area contributed by atoms with Crippen LogP contribution in [-0.2, 0) is 22.6 Å². The van der Waals surface area contributed by atoms with Crippen molar-refractivity contribution in [1.29, 1.82) is 5.26 Å². The lowest BCUT2D eigenvalue weighted by Crippen LogP contribution is -2.65. The van der Waals surface area contributed by atoms with Gasteiger partial charge >= 0.3 is 0 Å².